The molecule has 0 unspecified atom stereocenters. The van der Waals surface area contributed by atoms with Crippen LogP contribution in [0.4, 0.5) is 0 Å². The number of carbonyl (C=O) groups excluding carboxylic acids is 1. The van der Waals surface area contributed by atoms with Gasteiger partial charge < -0.3 is 45.4 Å². The molecule has 0 aromatic carbocycles. The number of aliphatic hydroxyl groups is 6. The molecule has 0 radical (unpaired) electrons. The number of hydrogen-bond donors (Lipinski definition) is 7. The Bertz CT molecular complexity index is 916. The molecule has 0 bridgehead atoms. The van der Waals surface area contributed by atoms with Gasteiger partial charge in [0.25, 0.3) is 0 Å². The van der Waals surface area contributed by atoms with E-state index in [0.29, 0.717) is 6.42 Å². The number of ether oxygens (including phenoxy) is 2. The Morgan fingerprint density at radius 3 is 1.59 bits per heavy atom. The Hall–Kier alpha value is -1.37. The van der Waals surface area contributed by atoms with Crippen LogP contribution in [0.1, 0.15) is 187 Å². The molecule has 1 aliphatic rings. The number of amides is 1. The van der Waals surface area contributed by atoms with Crippen molar-refractivity contribution < 1.29 is 44.9 Å². The highest BCUT2D eigenvalue weighted by molar-refractivity contribution is 5.80. The van der Waals surface area contributed by atoms with Crippen molar-refractivity contribution in [2.75, 3.05) is 13.2 Å². The summed E-state index contributed by atoms with van der Waals surface area (Å²) in [6, 6.07) is -0.980. The molecule has 0 aromatic rings. The van der Waals surface area contributed by atoms with Crippen molar-refractivity contribution in [3.05, 3.63) is 24.3 Å². The average Bonchev–Trinajstić information content (AvgIpc) is 3.17. The van der Waals surface area contributed by atoms with Gasteiger partial charge in [-0.05, 0) is 44.9 Å². The van der Waals surface area contributed by atoms with E-state index in [4.69, 9.17) is 9.47 Å². The normalized spacial score (nSPS) is 22.3. The van der Waals surface area contributed by atoms with Crippen molar-refractivity contribution in [2.24, 2.45) is 0 Å². The highest BCUT2D eigenvalue weighted by Gasteiger charge is 2.44. The summed E-state index contributed by atoms with van der Waals surface area (Å²) in [5.74, 6) is -0.619. The fraction of sp³-hybridized carbons (Fsp3) is 0.886. The van der Waals surface area contributed by atoms with Crippen LogP contribution in [0.2, 0.25) is 0 Å². The quantitative estimate of drug-likeness (QED) is 0.0250. The number of nitrogens with one attached hydrogen (secondary N) is 1. The zero-order valence-corrected chi connectivity index (χ0v) is 34.3. The first-order valence-electron chi connectivity index (χ1n) is 22.2. The lowest BCUT2D eigenvalue weighted by atomic mass is 9.99. The maximum Gasteiger partial charge on any atom is 0.249 e. The van der Waals surface area contributed by atoms with Gasteiger partial charge >= 0.3 is 0 Å². The van der Waals surface area contributed by atoms with Gasteiger partial charge in [-0.2, -0.15) is 0 Å². The van der Waals surface area contributed by atoms with Gasteiger partial charge in [-0.3, -0.25) is 4.79 Å². The van der Waals surface area contributed by atoms with Gasteiger partial charge in [0.15, 0.2) is 6.29 Å². The van der Waals surface area contributed by atoms with Crippen molar-refractivity contribution >= 4 is 5.91 Å². The Morgan fingerprint density at radius 2 is 1.07 bits per heavy atom. The van der Waals surface area contributed by atoms with Gasteiger partial charge in [-0.25, -0.2) is 0 Å². The Kier molecular flexibility index (Phi) is 32.7. The smallest absolute Gasteiger partial charge is 0.249 e. The van der Waals surface area contributed by atoms with Gasteiger partial charge in [0.05, 0.1) is 25.4 Å². The Morgan fingerprint density at radius 1 is 0.630 bits per heavy atom. The van der Waals surface area contributed by atoms with E-state index >= 15 is 0 Å². The van der Waals surface area contributed by atoms with Crippen LogP contribution in [0.25, 0.3) is 0 Å². The predicted molar refractivity (Wildman–Crippen MR) is 218 cm³/mol. The number of rotatable bonds is 36. The molecule has 54 heavy (non-hydrogen) atoms. The van der Waals surface area contributed by atoms with Crippen molar-refractivity contribution in [3.63, 3.8) is 0 Å². The van der Waals surface area contributed by atoms with Gasteiger partial charge in [0, 0.05) is 0 Å². The fourth-order valence-electron chi connectivity index (χ4n) is 6.92. The largest absolute Gasteiger partial charge is 0.394 e. The maximum absolute atomic E-state index is 13.0. The molecule has 10 heteroatoms. The van der Waals surface area contributed by atoms with Gasteiger partial charge in [0.2, 0.25) is 5.91 Å². The molecule has 0 spiro atoms. The van der Waals surface area contributed by atoms with Crippen LogP contribution < -0.4 is 5.32 Å². The molecule has 1 rings (SSSR count). The van der Waals surface area contributed by atoms with E-state index in [9.17, 15) is 35.4 Å². The maximum atomic E-state index is 13.0. The Balaban J connectivity index is 2.45. The van der Waals surface area contributed by atoms with Crippen LogP contribution in [0.5, 0.6) is 0 Å². The molecular weight excluding hydrogens is 686 g/mol. The van der Waals surface area contributed by atoms with Crippen LogP contribution in [-0.2, 0) is 14.3 Å². The van der Waals surface area contributed by atoms with Crippen molar-refractivity contribution in [3.8, 4) is 0 Å². The number of allylic oxidation sites excluding steroid dienone is 3. The van der Waals surface area contributed by atoms with Gasteiger partial charge in [-0.1, -0.05) is 167 Å². The molecule has 0 aliphatic carbocycles. The summed E-state index contributed by atoms with van der Waals surface area (Å²) >= 11 is 0. The summed E-state index contributed by atoms with van der Waals surface area (Å²) in [5, 5.41) is 64.5. The summed E-state index contributed by atoms with van der Waals surface area (Å²) in [4.78, 5) is 13.0. The number of unbranched alkanes of at least 4 members (excludes halogenated alkanes) is 23. The molecule has 7 N–H and O–H groups in total. The summed E-state index contributed by atoms with van der Waals surface area (Å²) in [6.07, 6.45) is 29.7. The van der Waals surface area contributed by atoms with Crippen LogP contribution in [0, 0.1) is 0 Å². The minimum absolute atomic E-state index is 0.307. The van der Waals surface area contributed by atoms with E-state index < -0.39 is 61.5 Å². The number of aliphatic hydroxyl groups excluding tert-OH is 6. The van der Waals surface area contributed by atoms with E-state index in [-0.39, 0.29) is 6.61 Å². The summed E-state index contributed by atoms with van der Waals surface area (Å²) in [5.41, 5.74) is 0. The standard InChI is InChI=1S/C44H83NO9/c1-3-5-7-9-11-13-15-17-19-21-23-25-27-29-31-33-38(48)43(52)45-36(35-53-44-42(51)41(50)40(49)39(34-46)54-44)37(47)32-30-28-26-24-22-20-18-16-14-12-10-8-6-4-2/h12,14,30,32,36-42,44,46-51H,3-11,13,15-29,31,33-35H2,1-2H3,(H,45,52)/b14-12-,32-30+/t36-,37+,38+,39+,40+,41-,42+,44+/m0/s1. The van der Waals surface area contributed by atoms with Crippen LogP contribution in [0.15, 0.2) is 24.3 Å². The van der Waals surface area contributed by atoms with Crippen molar-refractivity contribution in [2.45, 2.75) is 236 Å². The molecule has 1 heterocycles. The molecule has 318 valence electrons. The molecule has 0 aromatic heterocycles. The second-order valence-electron chi connectivity index (χ2n) is 15.6. The molecule has 1 saturated heterocycles. The fourth-order valence-corrected chi connectivity index (χ4v) is 6.92. The SMILES string of the molecule is CCCCC/C=C\CCCCCCC/C=C/[C@@H](O)[C@H](CO[C@@H]1O[C@H](CO)[C@@H](O)[C@H](O)[C@H]1O)NC(=O)[C@H](O)CCCCCCCCCCCCCCCCC. The highest BCUT2D eigenvalue weighted by atomic mass is 16.7. The monoisotopic (exact) mass is 770 g/mol. The number of hydrogen-bond acceptors (Lipinski definition) is 9. The van der Waals surface area contributed by atoms with Crippen molar-refractivity contribution in [1.29, 1.82) is 0 Å². The lowest BCUT2D eigenvalue weighted by Crippen LogP contribution is -2.60. The summed E-state index contributed by atoms with van der Waals surface area (Å²) < 4.78 is 11.1. The Labute approximate surface area is 329 Å². The topological polar surface area (TPSA) is 169 Å². The number of carbonyl (C=O) groups is 1. The zero-order valence-electron chi connectivity index (χ0n) is 34.3. The summed E-state index contributed by atoms with van der Waals surface area (Å²) in [7, 11) is 0. The third-order valence-corrected chi connectivity index (χ3v) is 10.6. The van der Waals surface area contributed by atoms with E-state index in [1.165, 1.54) is 109 Å². The molecule has 1 aliphatic heterocycles. The first kappa shape index (κ1) is 50.6. The minimum Gasteiger partial charge on any atom is -0.394 e. The van der Waals surface area contributed by atoms with Gasteiger partial charge in [-0.15, -0.1) is 0 Å². The third-order valence-electron chi connectivity index (χ3n) is 10.6. The molecule has 8 atom stereocenters. The molecule has 1 amide bonds. The third kappa shape index (κ3) is 25.0. The van der Waals surface area contributed by atoms with Crippen LogP contribution in [-0.4, -0.2) is 98.7 Å². The van der Waals surface area contributed by atoms with E-state index in [0.717, 1.165) is 57.8 Å². The predicted octanol–water partition coefficient (Wildman–Crippen LogP) is 7.69. The van der Waals surface area contributed by atoms with Crippen LogP contribution >= 0.6 is 0 Å². The highest BCUT2D eigenvalue weighted by Crippen LogP contribution is 2.22. The molecular formula is C44H83NO9. The minimum atomic E-state index is -1.61. The summed E-state index contributed by atoms with van der Waals surface area (Å²) in [6.45, 7) is 3.57. The lowest BCUT2D eigenvalue weighted by molar-refractivity contribution is -0.302. The van der Waals surface area contributed by atoms with E-state index in [1.54, 1.807) is 6.08 Å². The van der Waals surface area contributed by atoms with E-state index in [1.807, 2.05) is 6.08 Å². The van der Waals surface area contributed by atoms with Gasteiger partial charge in [0.1, 0.15) is 30.5 Å². The second kappa shape index (κ2) is 34.8. The first-order valence-corrected chi connectivity index (χ1v) is 22.2. The molecule has 1 fully saturated rings. The molecule has 0 saturated carbocycles. The second-order valence-corrected chi connectivity index (χ2v) is 15.6. The first-order chi connectivity index (χ1) is 26.3. The van der Waals surface area contributed by atoms with Crippen molar-refractivity contribution in [1.82, 2.24) is 5.32 Å². The van der Waals surface area contributed by atoms with E-state index in [2.05, 4.69) is 31.3 Å². The van der Waals surface area contributed by atoms with Crippen LogP contribution in [0.3, 0.4) is 0 Å². The average molecular weight is 770 g/mol. The zero-order chi connectivity index (χ0) is 39.7. The molecule has 10 nitrogen and oxygen atoms in total. The lowest BCUT2D eigenvalue weighted by Gasteiger charge is -2.40.